The highest BCUT2D eigenvalue weighted by Crippen LogP contribution is 2.31. The van der Waals surface area contributed by atoms with Crippen molar-refractivity contribution in [1.29, 1.82) is 5.26 Å². The Hall–Kier alpha value is -4.45. The zero-order chi connectivity index (χ0) is 27.3. The SMILES string of the molecule is CC(C)(C)NS(=O)(=O)c1ccccc1-c1ccc(C(=O)Nc2ccccc2Oc2cccc(C#N)c2)cc1. The topological polar surface area (TPSA) is 108 Å². The average molecular weight is 526 g/mol. The summed E-state index contributed by atoms with van der Waals surface area (Å²) in [4.78, 5) is 13.2. The summed E-state index contributed by atoms with van der Waals surface area (Å²) >= 11 is 0. The van der Waals surface area contributed by atoms with Gasteiger partial charge in [0, 0.05) is 16.7 Å². The number of benzene rings is 4. The van der Waals surface area contributed by atoms with E-state index in [1.807, 2.05) is 0 Å². The molecule has 0 fully saturated rings. The van der Waals surface area contributed by atoms with Crippen molar-refractivity contribution in [3.8, 4) is 28.7 Å². The van der Waals surface area contributed by atoms with Gasteiger partial charge >= 0.3 is 0 Å². The van der Waals surface area contributed by atoms with Gasteiger partial charge in [-0.2, -0.15) is 5.26 Å². The second kappa shape index (κ2) is 10.9. The summed E-state index contributed by atoms with van der Waals surface area (Å²) in [5.41, 5.74) is 1.89. The van der Waals surface area contributed by atoms with Crippen molar-refractivity contribution < 1.29 is 17.9 Å². The van der Waals surface area contributed by atoms with Crippen LogP contribution >= 0.6 is 0 Å². The van der Waals surface area contributed by atoms with Crippen LogP contribution in [-0.2, 0) is 10.0 Å². The minimum atomic E-state index is -3.76. The highest BCUT2D eigenvalue weighted by molar-refractivity contribution is 7.89. The molecule has 4 aromatic carbocycles. The number of ether oxygens (including phenoxy) is 1. The summed E-state index contributed by atoms with van der Waals surface area (Å²) in [5.74, 6) is 0.552. The molecule has 2 N–H and O–H groups in total. The molecule has 0 saturated carbocycles. The van der Waals surface area contributed by atoms with E-state index in [-0.39, 0.29) is 10.8 Å². The van der Waals surface area contributed by atoms with E-state index in [4.69, 9.17) is 10.00 Å². The Labute approximate surface area is 222 Å². The number of amides is 1. The van der Waals surface area contributed by atoms with Gasteiger partial charge in [0.15, 0.2) is 5.75 Å². The fourth-order valence-electron chi connectivity index (χ4n) is 3.81. The Morgan fingerprint density at radius 2 is 1.55 bits per heavy atom. The molecule has 0 spiro atoms. The largest absolute Gasteiger partial charge is 0.455 e. The lowest BCUT2D eigenvalue weighted by Crippen LogP contribution is -2.40. The molecule has 0 atom stereocenters. The third-order valence-corrected chi connectivity index (χ3v) is 7.22. The predicted octanol–water partition coefficient (Wildman–Crippen LogP) is 6.35. The molecule has 38 heavy (non-hydrogen) atoms. The van der Waals surface area contributed by atoms with Gasteiger partial charge in [-0.25, -0.2) is 13.1 Å². The number of sulfonamides is 1. The smallest absolute Gasteiger partial charge is 0.255 e. The summed E-state index contributed by atoms with van der Waals surface area (Å²) in [6.45, 7) is 5.35. The quantitative estimate of drug-likeness (QED) is 0.292. The molecule has 0 aliphatic rings. The first-order chi connectivity index (χ1) is 18.1. The van der Waals surface area contributed by atoms with E-state index in [2.05, 4.69) is 16.1 Å². The van der Waals surface area contributed by atoms with Crippen LogP contribution in [0.3, 0.4) is 0 Å². The Kier molecular flexibility index (Phi) is 7.62. The van der Waals surface area contributed by atoms with Gasteiger partial charge in [-0.15, -0.1) is 0 Å². The fraction of sp³-hybridized carbons (Fsp3) is 0.133. The van der Waals surface area contributed by atoms with E-state index in [9.17, 15) is 13.2 Å². The number of rotatable bonds is 7. The lowest BCUT2D eigenvalue weighted by Gasteiger charge is -2.21. The molecule has 0 aromatic heterocycles. The molecule has 0 unspecified atom stereocenters. The molecule has 7 nitrogen and oxygen atoms in total. The number of hydrogen-bond donors (Lipinski definition) is 2. The number of nitrogens with zero attached hydrogens (tertiary/aromatic N) is 1. The normalized spacial score (nSPS) is 11.4. The molecule has 1 amide bonds. The Morgan fingerprint density at radius 3 is 2.26 bits per heavy atom. The van der Waals surface area contributed by atoms with E-state index in [1.54, 1.807) is 118 Å². The number of para-hydroxylation sites is 2. The van der Waals surface area contributed by atoms with Crippen LogP contribution < -0.4 is 14.8 Å². The average Bonchev–Trinajstić information content (AvgIpc) is 2.88. The number of carbonyl (C=O) groups excluding carboxylic acids is 1. The first-order valence-electron chi connectivity index (χ1n) is 11.9. The van der Waals surface area contributed by atoms with Crippen LogP contribution in [0.2, 0.25) is 0 Å². The molecule has 0 aliphatic carbocycles. The minimum absolute atomic E-state index is 0.165. The first-order valence-corrected chi connectivity index (χ1v) is 13.4. The molecule has 4 aromatic rings. The van der Waals surface area contributed by atoms with Gasteiger partial charge in [-0.1, -0.05) is 48.5 Å². The molecular weight excluding hydrogens is 498 g/mol. The second-order valence-corrected chi connectivity index (χ2v) is 11.3. The van der Waals surface area contributed by atoms with Crippen molar-refractivity contribution in [2.75, 3.05) is 5.32 Å². The Morgan fingerprint density at radius 1 is 0.868 bits per heavy atom. The van der Waals surface area contributed by atoms with Crippen LogP contribution in [0.25, 0.3) is 11.1 Å². The van der Waals surface area contributed by atoms with Crippen LogP contribution in [-0.4, -0.2) is 19.9 Å². The van der Waals surface area contributed by atoms with Gasteiger partial charge in [0.1, 0.15) is 5.75 Å². The zero-order valence-electron chi connectivity index (χ0n) is 21.2. The Balaban J connectivity index is 1.55. The summed E-state index contributed by atoms with van der Waals surface area (Å²) in [6.07, 6.45) is 0. The van der Waals surface area contributed by atoms with E-state index in [0.29, 0.717) is 39.4 Å². The van der Waals surface area contributed by atoms with Crippen molar-refractivity contribution in [2.45, 2.75) is 31.2 Å². The third kappa shape index (κ3) is 6.45. The Bertz CT molecular complexity index is 1620. The summed E-state index contributed by atoms with van der Waals surface area (Å²) in [5, 5.41) is 12.0. The predicted molar refractivity (Wildman–Crippen MR) is 148 cm³/mol. The maximum atomic E-state index is 13.0. The van der Waals surface area contributed by atoms with Gasteiger partial charge in [0.25, 0.3) is 5.91 Å². The van der Waals surface area contributed by atoms with Crippen LogP contribution in [0, 0.1) is 11.3 Å². The summed E-state index contributed by atoms with van der Waals surface area (Å²) < 4.78 is 34.6. The van der Waals surface area contributed by atoms with Crippen LogP contribution in [0.1, 0.15) is 36.7 Å². The van der Waals surface area contributed by atoms with Crippen molar-refractivity contribution >= 4 is 21.6 Å². The fourth-order valence-corrected chi connectivity index (χ4v) is 5.46. The van der Waals surface area contributed by atoms with Gasteiger partial charge in [-0.3, -0.25) is 4.79 Å². The first kappa shape index (κ1) is 26.6. The molecule has 0 aliphatic heterocycles. The monoisotopic (exact) mass is 525 g/mol. The number of nitrogens with one attached hydrogen (secondary N) is 2. The zero-order valence-corrected chi connectivity index (χ0v) is 22.0. The molecule has 8 heteroatoms. The maximum absolute atomic E-state index is 13.0. The summed E-state index contributed by atoms with van der Waals surface area (Å²) in [7, 11) is -3.76. The molecule has 192 valence electrons. The number of nitriles is 1. The lowest BCUT2D eigenvalue weighted by molar-refractivity contribution is 0.102. The standard InChI is InChI=1S/C30H27N3O4S/c1-30(2,3)33-38(35,36)28-14-7-4-11-25(28)22-15-17-23(18-16-22)29(34)32-26-12-5-6-13-27(26)37-24-10-8-9-21(19-24)20-31/h4-19,33H,1-3H3,(H,32,34). The summed E-state index contributed by atoms with van der Waals surface area (Å²) in [6, 6.07) is 29.3. The molecule has 0 heterocycles. The molecule has 0 bridgehead atoms. The van der Waals surface area contributed by atoms with Gasteiger partial charge < -0.3 is 10.1 Å². The molecule has 4 rings (SSSR count). The molecular formula is C30H27N3O4S. The van der Waals surface area contributed by atoms with E-state index in [1.165, 1.54) is 0 Å². The van der Waals surface area contributed by atoms with Gasteiger partial charge in [-0.05, 0) is 74.9 Å². The minimum Gasteiger partial charge on any atom is -0.455 e. The van der Waals surface area contributed by atoms with Crippen molar-refractivity contribution in [1.82, 2.24) is 4.72 Å². The van der Waals surface area contributed by atoms with E-state index < -0.39 is 15.6 Å². The van der Waals surface area contributed by atoms with E-state index in [0.717, 1.165) is 0 Å². The number of anilines is 1. The van der Waals surface area contributed by atoms with Gasteiger partial charge in [0.2, 0.25) is 10.0 Å². The number of carbonyl (C=O) groups is 1. The third-order valence-electron chi connectivity index (χ3n) is 5.40. The van der Waals surface area contributed by atoms with Gasteiger partial charge in [0.05, 0.1) is 22.2 Å². The van der Waals surface area contributed by atoms with Crippen molar-refractivity contribution in [3.63, 3.8) is 0 Å². The molecule has 0 radical (unpaired) electrons. The second-order valence-electron chi connectivity index (χ2n) is 9.62. The maximum Gasteiger partial charge on any atom is 0.255 e. The molecule has 0 saturated heterocycles. The van der Waals surface area contributed by atoms with Crippen molar-refractivity contribution in [3.05, 3.63) is 108 Å². The van der Waals surface area contributed by atoms with Crippen LogP contribution in [0.4, 0.5) is 5.69 Å². The van der Waals surface area contributed by atoms with Crippen LogP contribution in [0.5, 0.6) is 11.5 Å². The highest BCUT2D eigenvalue weighted by atomic mass is 32.2. The lowest BCUT2D eigenvalue weighted by atomic mass is 10.0. The van der Waals surface area contributed by atoms with E-state index >= 15 is 0 Å². The number of hydrogen-bond acceptors (Lipinski definition) is 5. The van der Waals surface area contributed by atoms with Crippen LogP contribution in [0.15, 0.2) is 102 Å². The van der Waals surface area contributed by atoms with Crippen molar-refractivity contribution in [2.24, 2.45) is 0 Å². The highest BCUT2D eigenvalue weighted by Gasteiger charge is 2.24.